The van der Waals surface area contributed by atoms with Crippen molar-refractivity contribution < 1.29 is 4.74 Å². The lowest BCUT2D eigenvalue weighted by atomic mass is 9.93. The summed E-state index contributed by atoms with van der Waals surface area (Å²) in [4.78, 5) is 12.6. The number of para-hydroxylation sites is 1. The van der Waals surface area contributed by atoms with Gasteiger partial charge in [0.25, 0.3) is 0 Å². The van der Waals surface area contributed by atoms with E-state index in [2.05, 4.69) is 29.3 Å². The van der Waals surface area contributed by atoms with Crippen LogP contribution in [0.15, 0.2) is 30.3 Å². The molecule has 5 rings (SSSR count). The third-order valence-electron chi connectivity index (χ3n) is 6.83. The molecule has 0 unspecified atom stereocenters. The second-order valence-corrected chi connectivity index (χ2v) is 8.63. The van der Waals surface area contributed by atoms with E-state index in [4.69, 9.17) is 19.8 Å². The summed E-state index contributed by atoms with van der Waals surface area (Å²) in [6.45, 7) is 6.64. The first-order valence-corrected chi connectivity index (χ1v) is 11.6. The third kappa shape index (κ3) is 4.34. The summed E-state index contributed by atoms with van der Waals surface area (Å²) in [6.07, 6.45) is 5.52. The van der Waals surface area contributed by atoms with E-state index in [0.29, 0.717) is 11.8 Å². The van der Waals surface area contributed by atoms with Crippen LogP contribution in [0.25, 0.3) is 16.7 Å². The molecule has 2 aromatic heterocycles. The number of rotatable bonds is 5. The fraction of sp³-hybridized carbons (Fsp3) is 0.542. The van der Waals surface area contributed by atoms with Crippen LogP contribution in [-0.2, 0) is 6.42 Å². The average molecular weight is 457 g/mol. The van der Waals surface area contributed by atoms with Gasteiger partial charge in [-0.25, -0.2) is 9.67 Å². The molecule has 1 aromatic carbocycles. The molecular formula is C24H33ClN6O. The summed E-state index contributed by atoms with van der Waals surface area (Å²) < 4.78 is 7.70. The molecule has 0 radical (unpaired) electrons. The van der Waals surface area contributed by atoms with Gasteiger partial charge in [-0.15, -0.1) is 12.4 Å². The first-order valence-electron chi connectivity index (χ1n) is 11.6. The highest BCUT2D eigenvalue weighted by molar-refractivity contribution is 5.85. The van der Waals surface area contributed by atoms with E-state index in [1.165, 1.54) is 12.8 Å². The molecule has 2 aliphatic heterocycles. The summed E-state index contributed by atoms with van der Waals surface area (Å²) in [7, 11) is 1.70. The van der Waals surface area contributed by atoms with Gasteiger partial charge in [0.15, 0.2) is 5.65 Å². The van der Waals surface area contributed by atoms with Crippen LogP contribution in [-0.4, -0.2) is 64.0 Å². The Morgan fingerprint density at radius 3 is 2.41 bits per heavy atom. The third-order valence-corrected chi connectivity index (χ3v) is 6.83. The number of hydrogen-bond acceptors (Lipinski definition) is 6. The van der Waals surface area contributed by atoms with Crippen LogP contribution in [0.3, 0.4) is 0 Å². The molecule has 4 heterocycles. The van der Waals surface area contributed by atoms with Crippen LogP contribution in [0.4, 0.5) is 0 Å². The monoisotopic (exact) mass is 456 g/mol. The topological polar surface area (TPSA) is 68.1 Å². The quantitative estimate of drug-likeness (QED) is 0.630. The minimum absolute atomic E-state index is 0. The van der Waals surface area contributed by atoms with Gasteiger partial charge in [0, 0.05) is 12.0 Å². The number of piperidine rings is 2. The number of halogens is 1. The van der Waals surface area contributed by atoms with Gasteiger partial charge in [0.2, 0.25) is 5.88 Å². The van der Waals surface area contributed by atoms with Crippen LogP contribution < -0.4 is 10.1 Å². The molecule has 172 valence electrons. The minimum Gasteiger partial charge on any atom is -0.480 e. The molecule has 7 nitrogen and oxygen atoms in total. The fourth-order valence-corrected chi connectivity index (χ4v) is 5.09. The van der Waals surface area contributed by atoms with Gasteiger partial charge in [0.05, 0.1) is 18.5 Å². The van der Waals surface area contributed by atoms with Gasteiger partial charge in [-0.1, -0.05) is 25.1 Å². The second-order valence-electron chi connectivity index (χ2n) is 8.63. The van der Waals surface area contributed by atoms with Crippen molar-refractivity contribution in [2.45, 2.75) is 51.0 Å². The van der Waals surface area contributed by atoms with Gasteiger partial charge < -0.3 is 15.0 Å². The highest BCUT2D eigenvalue weighted by atomic mass is 35.5. The summed E-state index contributed by atoms with van der Waals surface area (Å²) in [6, 6.07) is 10.9. The van der Waals surface area contributed by atoms with E-state index in [-0.39, 0.29) is 12.4 Å². The Morgan fingerprint density at radius 1 is 1.03 bits per heavy atom. The highest BCUT2D eigenvalue weighted by Crippen LogP contribution is 2.34. The summed E-state index contributed by atoms with van der Waals surface area (Å²) in [5.74, 6) is 1.91. The van der Waals surface area contributed by atoms with Gasteiger partial charge in [0.1, 0.15) is 11.2 Å². The largest absolute Gasteiger partial charge is 0.480 e. The van der Waals surface area contributed by atoms with E-state index >= 15 is 0 Å². The molecule has 2 fully saturated rings. The Balaban J connectivity index is 0.00000245. The molecule has 0 spiro atoms. The Hall–Kier alpha value is -2.22. The molecule has 0 saturated carbocycles. The molecule has 2 aliphatic rings. The fourth-order valence-electron chi connectivity index (χ4n) is 5.09. The van der Waals surface area contributed by atoms with Crippen molar-refractivity contribution in [2.24, 2.45) is 0 Å². The van der Waals surface area contributed by atoms with Crippen LogP contribution in [0, 0.1) is 0 Å². The molecule has 1 N–H and O–H groups in total. The maximum absolute atomic E-state index is 5.75. The van der Waals surface area contributed by atoms with Gasteiger partial charge in [-0.2, -0.15) is 10.1 Å². The smallest absolute Gasteiger partial charge is 0.228 e. The maximum atomic E-state index is 5.75. The van der Waals surface area contributed by atoms with Crippen molar-refractivity contribution in [1.82, 2.24) is 30.0 Å². The summed E-state index contributed by atoms with van der Waals surface area (Å²) in [5.41, 5.74) is 2.84. The summed E-state index contributed by atoms with van der Waals surface area (Å²) >= 11 is 0. The summed E-state index contributed by atoms with van der Waals surface area (Å²) in [5, 5.41) is 9.28. The number of aryl methyl sites for hydroxylation is 1. The number of ether oxygens (including phenoxy) is 1. The Morgan fingerprint density at radius 2 is 1.75 bits per heavy atom. The van der Waals surface area contributed by atoms with E-state index in [9.17, 15) is 0 Å². The van der Waals surface area contributed by atoms with Crippen LogP contribution in [0.5, 0.6) is 5.88 Å². The predicted octanol–water partition coefficient (Wildman–Crippen LogP) is 3.74. The number of aromatic nitrogens is 4. The van der Waals surface area contributed by atoms with Crippen LogP contribution in [0.2, 0.25) is 0 Å². The molecule has 0 atom stereocenters. The minimum atomic E-state index is 0. The zero-order chi connectivity index (χ0) is 21.2. The van der Waals surface area contributed by atoms with E-state index < -0.39 is 0 Å². The first-order chi connectivity index (χ1) is 15.3. The highest BCUT2D eigenvalue weighted by Gasteiger charge is 2.29. The molecule has 0 bridgehead atoms. The zero-order valence-electron chi connectivity index (χ0n) is 19.0. The number of likely N-dealkylation sites (tertiary alicyclic amines) is 1. The number of hydrogen-bond donors (Lipinski definition) is 1. The van der Waals surface area contributed by atoms with Gasteiger partial charge >= 0.3 is 0 Å². The van der Waals surface area contributed by atoms with Crippen molar-refractivity contribution in [2.75, 3.05) is 33.3 Å². The number of methoxy groups -OCH3 is 1. The normalized spacial score (nSPS) is 18.6. The predicted molar refractivity (Wildman–Crippen MR) is 129 cm³/mol. The SMILES string of the molecule is CCc1nn(-c2ccccc2)c2nc(C3CCN(C4CCNCC4)CC3)nc(OC)c12.Cl. The average Bonchev–Trinajstić information content (AvgIpc) is 3.23. The maximum Gasteiger partial charge on any atom is 0.228 e. The Bertz CT molecular complexity index is 1030. The number of fused-ring (bicyclic) bond motifs is 1. The van der Waals surface area contributed by atoms with Crippen LogP contribution in [0.1, 0.15) is 50.0 Å². The lowest BCUT2D eigenvalue weighted by Crippen LogP contribution is -2.46. The van der Waals surface area contributed by atoms with Crippen molar-refractivity contribution in [3.05, 3.63) is 41.9 Å². The van der Waals surface area contributed by atoms with Crippen molar-refractivity contribution >= 4 is 23.4 Å². The van der Waals surface area contributed by atoms with Crippen LogP contribution >= 0.6 is 12.4 Å². The van der Waals surface area contributed by atoms with Crippen molar-refractivity contribution in [1.29, 1.82) is 0 Å². The second kappa shape index (κ2) is 10.1. The standard InChI is InChI=1S/C24H32N6O.ClH/c1-3-20-21-23(30(28-20)19-7-5-4-6-8-19)26-22(27-24(21)31-2)17-11-15-29(16-12-17)18-9-13-25-14-10-18;/h4-8,17-18,25H,3,9-16H2,1-2H3;1H. The van der Waals surface area contributed by atoms with Gasteiger partial charge in [-0.05, 0) is 70.4 Å². The molecular weight excluding hydrogens is 424 g/mol. The Labute approximate surface area is 196 Å². The number of nitrogens with one attached hydrogen (secondary N) is 1. The van der Waals surface area contributed by atoms with Crippen molar-refractivity contribution in [3.8, 4) is 11.6 Å². The lowest BCUT2D eigenvalue weighted by molar-refractivity contribution is 0.125. The number of nitrogens with zero attached hydrogens (tertiary/aromatic N) is 5. The molecule has 2 saturated heterocycles. The lowest BCUT2D eigenvalue weighted by Gasteiger charge is -2.39. The molecule has 0 amide bonds. The van der Waals surface area contributed by atoms with E-state index in [1.807, 2.05) is 22.9 Å². The zero-order valence-corrected chi connectivity index (χ0v) is 19.8. The molecule has 0 aliphatic carbocycles. The number of benzene rings is 1. The first kappa shape index (κ1) is 23.0. The van der Waals surface area contributed by atoms with Crippen molar-refractivity contribution in [3.63, 3.8) is 0 Å². The van der Waals surface area contributed by atoms with Gasteiger partial charge in [-0.3, -0.25) is 0 Å². The van der Waals surface area contributed by atoms with E-state index in [0.717, 1.165) is 79.7 Å². The van der Waals surface area contributed by atoms with E-state index in [1.54, 1.807) is 7.11 Å². The molecule has 8 heteroatoms. The Kier molecular flexibility index (Phi) is 7.28. The molecule has 32 heavy (non-hydrogen) atoms. The molecule has 3 aromatic rings.